The van der Waals surface area contributed by atoms with Crippen LogP contribution in [-0.2, 0) is 4.79 Å². The maximum absolute atomic E-state index is 11.8. The Bertz CT molecular complexity index is 322. The minimum absolute atomic E-state index is 0.0458. The van der Waals surface area contributed by atoms with Gasteiger partial charge in [-0.3, -0.25) is 9.78 Å². The van der Waals surface area contributed by atoms with Gasteiger partial charge >= 0.3 is 0 Å². The molecule has 1 rings (SSSR count). The van der Waals surface area contributed by atoms with Crippen molar-refractivity contribution in [3.05, 3.63) is 24.5 Å². The van der Waals surface area contributed by atoms with Crippen molar-refractivity contribution in [2.24, 2.45) is 0 Å². The lowest BCUT2D eigenvalue weighted by atomic mass is 10.0. The van der Waals surface area contributed by atoms with Crippen LogP contribution in [0.5, 0.6) is 0 Å². The summed E-state index contributed by atoms with van der Waals surface area (Å²) >= 11 is 0. The molecular formula is C11H17N3O. The highest BCUT2D eigenvalue weighted by molar-refractivity contribution is 5.97. The van der Waals surface area contributed by atoms with Crippen molar-refractivity contribution in [2.45, 2.75) is 26.3 Å². The smallest absolute Gasteiger partial charge is 0.244 e. The highest BCUT2D eigenvalue weighted by Crippen LogP contribution is 2.09. The van der Waals surface area contributed by atoms with Crippen LogP contribution in [0.2, 0.25) is 0 Å². The number of aromatic nitrogens is 1. The standard InChI is InChI=1S/C11H17N3O/c1-4-13-11(2,3)10(15)14-9-5-7-12-8-6-9/h5-8,13H,4H2,1-3H3,(H,12,14,15). The predicted octanol–water partition coefficient (Wildman–Crippen LogP) is 1.41. The number of carbonyl (C=O) groups is 1. The fourth-order valence-electron chi connectivity index (χ4n) is 1.24. The van der Waals surface area contributed by atoms with E-state index in [1.54, 1.807) is 24.5 Å². The molecule has 1 amide bonds. The van der Waals surface area contributed by atoms with Crippen LogP contribution in [0.1, 0.15) is 20.8 Å². The zero-order valence-electron chi connectivity index (χ0n) is 9.37. The Balaban J connectivity index is 2.63. The van der Waals surface area contributed by atoms with Crippen LogP contribution < -0.4 is 10.6 Å². The number of nitrogens with zero attached hydrogens (tertiary/aromatic N) is 1. The second-order valence-corrected chi connectivity index (χ2v) is 3.85. The van der Waals surface area contributed by atoms with Crippen LogP contribution in [0.25, 0.3) is 0 Å². The van der Waals surface area contributed by atoms with E-state index in [1.807, 2.05) is 20.8 Å². The largest absolute Gasteiger partial charge is 0.324 e. The summed E-state index contributed by atoms with van der Waals surface area (Å²) in [5, 5.41) is 5.94. The first-order valence-electron chi connectivity index (χ1n) is 5.03. The molecule has 0 aromatic carbocycles. The van der Waals surface area contributed by atoms with Crippen molar-refractivity contribution < 1.29 is 4.79 Å². The molecule has 4 nitrogen and oxygen atoms in total. The van der Waals surface area contributed by atoms with Gasteiger partial charge in [0.1, 0.15) is 0 Å². The second kappa shape index (κ2) is 4.89. The van der Waals surface area contributed by atoms with E-state index in [1.165, 1.54) is 0 Å². The summed E-state index contributed by atoms with van der Waals surface area (Å²) in [4.78, 5) is 15.7. The molecule has 0 unspecified atom stereocenters. The minimum atomic E-state index is -0.558. The first-order chi connectivity index (χ1) is 7.06. The number of hydrogen-bond donors (Lipinski definition) is 2. The van der Waals surface area contributed by atoms with Gasteiger partial charge in [0.05, 0.1) is 5.54 Å². The summed E-state index contributed by atoms with van der Waals surface area (Å²) in [6.07, 6.45) is 3.30. The number of carbonyl (C=O) groups excluding carboxylic acids is 1. The molecule has 0 radical (unpaired) electrons. The second-order valence-electron chi connectivity index (χ2n) is 3.85. The van der Waals surface area contributed by atoms with Crippen molar-refractivity contribution in [2.75, 3.05) is 11.9 Å². The van der Waals surface area contributed by atoms with Crippen LogP contribution in [0, 0.1) is 0 Å². The molecule has 2 N–H and O–H groups in total. The fraction of sp³-hybridized carbons (Fsp3) is 0.455. The minimum Gasteiger partial charge on any atom is -0.324 e. The summed E-state index contributed by atoms with van der Waals surface area (Å²) in [5.74, 6) is -0.0458. The lowest BCUT2D eigenvalue weighted by Gasteiger charge is -2.24. The average Bonchev–Trinajstić information content (AvgIpc) is 2.19. The van der Waals surface area contributed by atoms with Crippen LogP contribution in [0.3, 0.4) is 0 Å². The Labute approximate surface area is 90.1 Å². The maximum atomic E-state index is 11.8. The summed E-state index contributed by atoms with van der Waals surface area (Å²) in [6.45, 7) is 6.44. The molecule has 4 heteroatoms. The zero-order valence-corrected chi connectivity index (χ0v) is 9.37. The highest BCUT2D eigenvalue weighted by atomic mass is 16.2. The average molecular weight is 207 g/mol. The van der Waals surface area contributed by atoms with Crippen LogP contribution in [0.4, 0.5) is 5.69 Å². The summed E-state index contributed by atoms with van der Waals surface area (Å²) in [7, 11) is 0. The predicted molar refractivity (Wildman–Crippen MR) is 60.6 cm³/mol. The van der Waals surface area contributed by atoms with Gasteiger partial charge in [-0.2, -0.15) is 0 Å². The Hall–Kier alpha value is -1.42. The first kappa shape index (κ1) is 11.7. The fourth-order valence-corrected chi connectivity index (χ4v) is 1.24. The van der Waals surface area contributed by atoms with E-state index in [2.05, 4.69) is 15.6 Å². The third-order valence-electron chi connectivity index (χ3n) is 2.12. The number of nitrogens with one attached hydrogen (secondary N) is 2. The quantitative estimate of drug-likeness (QED) is 0.784. The van der Waals surface area contributed by atoms with Gasteiger partial charge in [-0.15, -0.1) is 0 Å². The maximum Gasteiger partial charge on any atom is 0.244 e. The van der Waals surface area contributed by atoms with Gasteiger partial charge in [-0.25, -0.2) is 0 Å². The van der Waals surface area contributed by atoms with Gasteiger partial charge in [0.2, 0.25) is 5.91 Å². The molecule has 1 aromatic heterocycles. The van der Waals surface area contributed by atoms with E-state index in [0.717, 1.165) is 12.2 Å². The van der Waals surface area contributed by atoms with Gasteiger partial charge in [-0.05, 0) is 32.5 Å². The van der Waals surface area contributed by atoms with Gasteiger partial charge in [0.15, 0.2) is 0 Å². The molecule has 0 fully saturated rings. The first-order valence-corrected chi connectivity index (χ1v) is 5.03. The van der Waals surface area contributed by atoms with E-state index in [4.69, 9.17) is 0 Å². The number of likely N-dealkylation sites (N-methyl/N-ethyl adjacent to an activating group) is 1. The van der Waals surface area contributed by atoms with E-state index >= 15 is 0 Å². The molecule has 1 aromatic rings. The molecule has 0 aliphatic rings. The number of hydrogen-bond acceptors (Lipinski definition) is 3. The SMILES string of the molecule is CCNC(C)(C)C(=O)Nc1ccncc1. The van der Waals surface area contributed by atoms with Crippen molar-refractivity contribution in [3.8, 4) is 0 Å². The summed E-state index contributed by atoms with van der Waals surface area (Å²) < 4.78 is 0. The van der Waals surface area contributed by atoms with Crippen molar-refractivity contribution >= 4 is 11.6 Å². The Morgan fingerprint density at radius 1 is 1.40 bits per heavy atom. The third kappa shape index (κ3) is 3.32. The van der Waals surface area contributed by atoms with Crippen molar-refractivity contribution in [1.29, 1.82) is 0 Å². The monoisotopic (exact) mass is 207 g/mol. The molecule has 0 bridgehead atoms. The van der Waals surface area contributed by atoms with Gasteiger partial charge < -0.3 is 10.6 Å². The molecular weight excluding hydrogens is 190 g/mol. The third-order valence-corrected chi connectivity index (χ3v) is 2.12. The van der Waals surface area contributed by atoms with Gasteiger partial charge in [0.25, 0.3) is 0 Å². The number of rotatable bonds is 4. The Kier molecular flexibility index (Phi) is 3.80. The lowest BCUT2D eigenvalue weighted by Crippen LogP contribution is -2.49. The number of amides is 1. The number of anilines is 1. The zero-order chi connectivity index (χ0) is 11.3. The molecule has 0 atom stereocenters. The van der Waals surface area contributed by atoms with E-state index < -0.39 is 5.54 Å². The van der Waals surface area contributed by atoms with E-state index in [9.17, 15) is 4.79 Å². The van der Waals surface area contributed by atoms with Crippen LogP contribution >= 0.6 is 0 Å². The van der Waals surface area contributed by atoms with Crippen LogP contribution in [0.15, 0.2) is 24.5 Å². The molecule has 0 spiro atoms. The van der Waals surface area contributed by atoms with Crippen molar-refractivity contribution in [1.82, 2.24) is 10.3 Å². The van der Waals surface area contributed by atoms with Crippen molar-refractivity contribution in [3.63, 3.8) is 0 Å². The Morgan fingerprint density at radius 2 is 2.00 bits per heavy atom. The van der Waals surface area contributed by atoms with Crippen LogP contribution in [-0.4, -0.2) is 23.0 Å². The lowest BCUT2D eigenvalue weighted by molar-refractivity contribution is -0.121. The van der Waals surface area contributed by atoms with E-state index in [-0.39, 0.29) is 5.91 Å². The summed E-state index contributed by atoms with van der Waals surface area (Å²) in [6, 6.07) is 3.53. The molecule has 82 valence electrons. The topological polar surface area (TPSA) is 54.0 Å². The molecule has 15 heavy (non-hydrogen) atoms. The van der Waals surface area contributed by atoms with E-state index in [0.29, 0.717) is 0 Å². The summed E-state index contributed by atoms with van der Waals surface area (Å²) in [5.41, 5.74) is 0.207. The van der Waals surface area contributed by atoms with Gasteiger partial charge in [0, 0.05) is 18.1 Å². The molecule has 0 saturated heterocycles. The molecule has 1 heterocycles. The molecule has 0 aliphatic heterocycles. The Morgan fingerprint density at radius 3 is 2.53 bits per heavy atom. The normalized spacial score (nSPS) is 11.1. The molecule has 0 saturated carbocycles. The van der Waals surface area contributed by atoms with Gasteiger partial charge in [-0.1, -0.05) is 6.92 Å². The number of pyridine rings is 1. The highest BCUT2D eigenvalue weighted by Gasteiger charge is 2.25. The molecule has 0 aliphatic carbocycles.